The lowest BCUT2D eigenvalue weighted by molar-refractivity contribution is -0.137. The summed E-state index contributed by atoms with van der Waals surface area (Å²) in [5.74, 6) is -1.05. The van der Waals surface area contributed by atoms with E-state index in [0.717, 1.165) is 4.31 Å². The van der Waals surface area contributed by atoms with Crippen molar-refractivity contribution in [2.75, 3.05) is 13.6 Å². The second-order valence-corrected chi connectivity index (χ2v) is 6.19. The first-order chi connectivity index (χ1) is 7.84. The highest BCUT2D eigenvalue weighted by Gasteiger charge is 2.22. The minimum atomic E-state index is -3.71. The SMILES string of the molecule is CN(CCC(=O)O)S(=O)(=O)c1ccc(Br)cn1. The molecule has 0 saturated heterocycles. The largest absolute Gasteiger partial charge is 0.481 e. The Kier molecular flexibility index (Phi) is 4.61. The van der Waals surface area contributed by atoms with Gasteiger partial charge in [0.15, 0.2) is 5.03 Å². The van der Waals surface area contributed by atoms with Crippen LogP contribution in [0.4, 0.5) is 0 Å². The van der Waals surface area contributed by atoms with E-state index in [1.807, 2.05) is 0 Å². The van der Waals surface area contributed by atoms with Gasteiger partial charge in [-0.2, -0.15) is 4.31 Å². The predicted octanol–water partition coefficient (Wildman–Crippen LogP) is 0.939. The summed E-state index contributed by atoms with van der Waals surface area (Å²) in [4.78, 5) is 14.1. The monoisotopic (exact) mass is 322 g/mol. The van der Waals surface area contributed by atoms with Crippen LogP contribution in [0.2, 0.25) is 0 Å². The maximum absolute atomic E-state index is 11.9. The van der Waals surface area contributed by atoms with E-state index in [9.17, 15) is 13.2 Å². The van der Waals surface area contributed by atoms with Crippen LogP contribution in [-0.4, -0.2) is 42.4 Å². The van der Waals surface area contributed by atoms with Crippen LogP contribution >= 0.6 is 15.9 Å². The van der Waals surface area contributed by atoms with Crippen molar-refractivity contribution in [1.82, 2.24) is 9.29 Å². The van der Waals surface area contributed by atoms with Gasteiger partial charge in [0.2, 0.25) is 0 Å². The van der Waals surface area contributed by atoms with Gasteiger partial charge >= 0.3 is 5.97 Å². The Morgan fingerprint density at radius 3 is 2.65 bits per heavy atom. The summed E-state index contributed by atoms with van der Waals surface area (Å²) in [6.07, 6.45) is 1.13. The maximum Gasteiger partial charge on any atom is 0.304 e. The van der Waals surface area contributed by atoms with Crippen molar-refractivity contribution < 1.29 is 18.3 Å². The third kappa shape index (κ3) is 3.76. The number of pyridine rings is 1. The van der Waals surface area contributed by atoms with Crippen molar-refractivity contribution >= 4 is 31.9 Å². The summed E-state index contributed by atoms with van der Waals surface area (Å²) in [5.41, 5.74) is 0. The van der Waals surface area contributed by atoms with Gasteiger partial charge in [0.1, 0.15) is 0 Å². The van der Waals surface area contributed by atoms with Crippen LogP contribution in [0.25, 0.3) is 0 Å². The van der Waals surface area contributed by atoms with E-state index in [0.29, 0.717) is 4.47 Å². The molecule has 1 rings (SSSR count). The summed E-state index contributed by atoms with van der Waals surface area (Å²) in [6, 6.07) is 2.92. The highest BCUT2D eigenvalue weighted by atomic mass is 79.9. The molecule has 0 saturated carbocycles. The van der Waals surface area contributed by atoms with Gasteiger partial charge in [-0.3, -0.25) is 4.79 Å². The third-order valence-corrected chi connectivity index (χ3v) is 4.26. The number of carbonyl (C=O) groups is 1. The average molecular weight is 323 g/mol. The van der Waals surface area contributed by atoms with Gasteiger partial charge in [-0.05, 0) is 28.1 Å². The number of sulfonamides is 1. The molecule has 0 aliphatic heterocycles. The zero-order valence-corrected chi connectivity index (χ0v) is 11.4. The Morgan fingerprint density at radius 1 is 1.53 bits per heavy atom. The van der Waals surface area contributed by atoms with E-state index in [1.54, 1.807) is 6.07 Å². The van der Waals surface area contributed by atoms with Crippen LogP contribution in [0.3, 0.4) is 0 Å². The minimum Gasteiger partial charge on any atom is -0.481 e. The zero-order valence-electron chi connectivity index (χ0n) is 9.00. The lowest BCUT2D eigenvalue weighted by atomic mass is 10.4. The molecule has 8 heteroatoms. The van der Waals surface area contributed by atoms with Crippen LogP contribution in [0.15, 0.2) is 27.8 Å². The molecule has 94 valence electrons. The molecule has 0 spiro atoms. The fraction of sp³-hybridized carbons (Fsp3) is 0.333. The molecule has 1 N–H and O–H groups in total. The van der Waals surface area contributed by atoms with Gasteiger partial charge in [0, 0.05) is 24.3 Å². The molecule has 1 aromatic heterocycles. The first kappa shape index (κ1) is 14.1. The van der Waals surface area contributed by atoms with Crippen LogP contribution in [0.5, 0.6) is 0 Å². The van der Waals surface area contributed by atoms with Gasteiger partial charge in [-0.15, -0.1) is 0 Å². The van der Waals surface area contributed by atoms with Crippen molar-refractivity contribution in [3.63, 3.8) is 0 Å². The van der Waals surface area contributed by atoms with Gasteiger partial charge in [-0.25, -0.2) is 13.4 Å². The van der Waals surface area contributed by atoms with Crippen molar-refractivity contribution in [2.45, 2.75) is 11.4 Å². The molecule has 0 amide bonds. The average Bonchev–Trinajstić information content (AvgIpc) is 2.26. The second kappa shape index (κ2) is 5.56. The number of rotatable bonds is 5. The number of hydrogen-bond donors (Lipinski definition) is 1. The Labute approximate surface area is 107 Å². The normalized spacial score (nSPS) is 11.7. The number of aliphatic carboxylic acids is 1. The standard InChI is InChI=1S/C9H11BrN2O4S/c1-12(5-4-9(13)14)17(15,16)8-3-2-7(10)6-11-8/h2-3,6H,4-5H2,1H3,(H,13,14). The van der Waals surface area contributed by atoms with Crippen LogP contribution in [0.1, 0.15) is 6.42 Å². The van der Waals surface area contributed by atoms with Gasteiger partial charge < -0.3 is 5.11 Å². The zero-order chi connectivity index (χ0) is 13.1. The molecule has 0 bridgehead atoms. The molecule has 1 heterocycles. The Morgan fingerprint density at radius 2 is 2.18 bits per heavy atom. The summed E-state index contributed by atoms with van der Waals surface area (Å²) < 4.78 is 25.5. The third-order valence-electron chi connectivity index (χ3n) is 2.02. The lowest BCUT2D eigenvalue weighted by Crippen LogP contribution is -2.29. The van der Waals surface area contributed by atoms with Crippen molar-refractivity contribution in [2.24, 2.45) is 0 Å². The number of nitrogens with zero attached hydrogens (tertiary/aromatic N) is 2. The van der Waals surface area contributed by atoms with E-state index in [4.69, 9.17) is 5.11 Å². The summed E-state index contributed by atoms with van der Waals surface area (Å²) in [7, 11) is -2.39. The Bertz CT molecular complexity index is 500. The smallest absolute Gasteiger partial charge is 0.304 e. The predicted molar refractivity (Wildman–Crippen MR) is 64.0 cm³/mol. The molecular weight excluding hydrogens is 312 g/mol. The maximum atomic E-state index is 11.9. The van der Waals surface area contributed by atoms with Crippen molar-refractivity contribution in [3.05, 3.63) is 22.8 Å². The lowest BCUT2D eigenvalue weighted by Gasteiger charge is -2.15. The first-order valence-corrected chi connectivity index (χ1v) is 6.87. The minimum absolute atomic E-state index is 0.0879. The van der Waals surface area contributed by atoms with Crippen LogP contribution < -0.4 is 0 Å². The first-order valence-electron chi connectivity index (χ1n) is 4.63. The van der Waals surface area contributed by atoms with E-state index >= 15 is 0 Å². The summed E-state index contributed by atoms with van der Waals surface area (Å²) in [5, 5.41) is 8.39. The molecule has 0 atom stereocenters. The molecule has 0 aromatic carbocycles. The molecule has 17 heavy (non-hydrogen) atoms. The van der Waals surface area contributed by atoms with Crippen LogP contribution in [0, 0.1) is 0 Å². The van der Waals surface area contributed by atoms with Crippen LogP contribution in [-0.2, 0) is 14.8 Å². The summed E-state index contributed by atoms with van der Waals surface area (Å²) >= 11 is 3.15. The van der Waals surface area contributed by atoms with Crippen molar-refractivity contribution in [1.29, 1.82) is 0 Å². The highest BCUT2D eigenvalue weighted by molar-refractivity contribution is 9.10. The molecule has 0 radical (unpaired) electrons. The number of halogens is 1. The molecule has 6 nitrogen and oxygen atoms in total. The summed E-state index contributed by atoms with van der Waals surface area (Å²) in [6.45, 7) is -0.0879. The molecule has 0 unspecified atom stereocenters. The Hall–Kier alpha value is -0.990. The van der Waals surface area contributed by atoms with Gasteiger partial charge in [-0.1, -0.05) is 0 Å². The Balaban J connectivity index is 2.87. The fourth-order valence-corrected chi connectivity index (χ4v) is 2.36. The molecule has 0 aliphatic rings. The van der Waals surface area contributed by atoms with E-state index < -0.39 is 16.0 Å². The highest BCUT2D eigenvalue weighted by Crippen LogP contribution is 2.14. The second-order valence-electron chi connectivity index (χ2n) is 3.28. The van der Waals surface area contributed by atoms with Gasteiger partial charge in [0.25, 0.3) is 10.0 Å². The molecule has 0 fully saturated rings. The molecule has 0 aliphatic carbocycles. The quantitative estimate of drug-likeness (QED) is 0.871. The van der Waals surface area contributed by atoms with E-state index in [-0.39, 0.29) is 18.0 Å². The molecular formula is C9H11BrN2O4S. The molecule has 1 aromatic rings. The van der Waals surface area contributed by atoms with Crippen molar-refractivity contribution in [3.8, 4) is 0 Å². The van der Waals surface area contributed by atoms with E-state index in [2.05, 4.69) is 20.9 Å². The topological polar surface area (TPSA) is 87.6 Å². The van der Waals surface area contributed by atoms with E-state index in [1.165, 1.54) is 19.3 Å². The van der Waals surface area contributed by atoms with Gasteiger partial charge in [0.05, 0.1) is 6.42 Å². The number of aromatic nitrogens is 1. The number of hydrogen-bond acceptors (Lipinski definition) is 4. The number of carboxylic acid groups (broad SMARTS) is 1. The number of carboxylic acids is 1. The fourth-order valence-electron chi connectivity index (χ4n) is 1.05.